The zero-order chi connectivity index (χ0) is 13.0. The van der Waals surface area contributed by atoms with Gasteiger partial charge in [-0.1, -0.05) is 12.1 Å². The van der Waals surface area contributed by atoms with Crippen LogP contribution in [-0.4, -0.2) is 14.1 Å². The highest BCUT2D eigenvalue weighted by Gasteiger charge is 1.97. The van der Waals surface area contributed by atoms with Gasteiger partial charge in [0.1, 0.15) is 0 Å². The third-order valence-electron chi connectivity index (χ3n) is 2.86. The minimum atomic E-state index is 0.788. The number of hydrogen-bond acceptors (Lipinski definition) is 3. The third-order valence-corrected chi connectivity index (χ3v) is 2.86. The topological polar surface area (TPSA) is 41.3 Å². The molecule has 0 aliphatic heterocycles. The number of nitrogen functional groups attached to an aromatic ring is 1. The Labute approximate surface area is 108 Å². The monoisotopic (exact) mass is 241 g/mol. The van der Waals surface area contributed by atoms with Crippen LogP contribution in [0.3, 0.4) is 0 Å². The fraction of sp³-hybridized carbons (Fsp3) is 0.200. The molecule has 2 aromatic carbocycles. The van der Waals surface area contributed by atoms with E-state index in [-0.39, 0.29) is 0 Å². The molecule has 0 bridgehead atoms. The van der Waals surface area contributed by atoms with Gasteiger partial charge < -0.3 is 16.0 Å². The molecule has 0 aliphatic carbocycles. The van der Waals surface area contributed by atoms with Crippen LogP contribution in [0.25, 0.3) is 0 Å². The smallest absolute Gasteiger partial charge is 0.0400 e. The summed E-state index contributed by atoms with van der Waals surface area (Å²) < 4.78 is 0. The highest BCUT2D eigenvalue weighted by Crippen LogP contribution is 2.15. The molecule has 0 atom stereocenters. The van der Waals surface area contributed by atoms with Gasteiger partial charge in [-0.2, -0.15) is 0 Å². The van der Waals surface area contributed by atoms with Gasteiger partial charge in [0.2, 0.25) is 0 Å². The van der Waals surface area contributed by atoms with E-state index in [0.29, 0.717) is 0 Å². The van der Waals surface area contributed by atoms with E-state index in [1.165, 1.54) is 11.3 Å². The lowest BCUT2D eigenvalue weighted by atomic mass is 10.2. The summed E-state index contributed by atoms with van der Waals surface area (Å²) in [5, 5.41) is 3.37. The average molecular weight is 241 g/mol. The predicted octanol–water partition coefficient (Wildman–Crippen LogP) is 2.95. The maximum absolute atomic E-state index is 5.65. The molecule has 0 saturated heterocycles. The molecule has 0 amide bonds. The molecule has 0 aliphatic rings. The van der Waals surface area contributed by atoms with E-state index in [2.05, 4.69) is 34.5 Å². The number of benzene rings is 2. The molecule has 0 unspecified atom stereocenters. The Kier molecular flexibility index (Phi) is 3.72. The summed E-state index contributed by atoms with van der Waals surface area (Å²) in [4.78, 5) is 2.09. The Morgan fingerprint density at radius 3 is 2.11 bits per heavy atom. The molecule has 0 heterocycles. The first-order valence-electron chi connectivity index (χ1n) is 6.01. The average Bonchev–Trinajstić information content (AvgIpc) is 2.38. The molecular formula is C15H19N3. The Bertz CT molecular complexity index is 486. The summed E-state index contributed by atoms with van der Waals surface area (Å²) in [6.07, 6.45) is 0. The molecule has 0 fully saturated rings. The zero-order valence-electron chi connectivity index (χ0n) is 10.9. The molecule has 94 valence electrons. The maximum atomic E-state index is 5.65. The second kappa shape index (κ2) is 5.45. The Morgan fingerprint density at radius 1 is 0.944 bits per heavy atom. The highest BCUT2D eigenvalue weighted by molar-refractivity contribution is 5.52. The molecule has 2 rings (SSSR count). The van der Waals surface area contributed by atoms with Crippen molar-refractivity contribution in [1.29, 1.82) is 0 Å². The number of nitrogens with zero attached hydrogens (tertiary/aromatic N) is 1. The lowest BCUT2D eigenvalue weighted by Gasteiger charge is -2.13. The zero-order valence-corrected chi connectivity index (χ0v) is 10.9. The van der Waals surface area contributed by atoms with Crippen LogP contribution >= 0.6 is 0 Å². The standard InChI is InChI=1S/C15H19N3/c1-18(2)15-9-3-12(4-10-15)11-17-14-7-5-13(16)6-8-14/h3-10,17H,11,16H2,1-2H3. The van der Waals surface area contributed by atoms with Gasteiger partial charge in [0, 0.05) is 37.7 Å². The van der Waals surface area contributed by atoms with E-state index in [9.17, 15) is 0 Å². The predicted molar refractivity (Wildman–Crippen MR) is 79.0 cm³/mol. The van der Waals surface area contributed by atoms with E-state index in [1.807, 2.05) is 38.4 Å². The van der Waals surface area contributed by atoms with E-state index in [1.54, 1.807) is 0 Å². The summed E-state index contributed by atoms with van der Waals surface area (Å²) >= 11 is 0. The molecule has 3 N–H and O–H groups in total. The number of rotatable bonds is 4. The highest BCUT2D eigenvalue weighted by atomic mass is 15.1. The fourth-order valence-corrected chi connectivity index (χ4v) is 1.72. The molecule has 2 aromatic rings. The lowest BCUT2D eigenvalue weighted by molar-refractivity contribution is 1.11. The van der Waals surface area contributed by atoms with Crippen molar-refractivity contribution >= 4 is 17.1 Å². The molecular weight excluding hydrogens is 222 g/mol. The second-order valence-corrected chi connectivity index (χ2v) is 4.54. The SMILES string of the molecule is CN(C)c1ccc(CNc2ccc(N)cc2)cc1. The minimum Gasteiger partial charge on any atom is -0.399 e. The van der Waals surface area contributed by atoms with Crippen LogP contribution in [0.5, 0.6) is 0 Å². The minimum absolute atomic E-state index is 0.788. The molecule has 3 heteroatoms. The second-order valence-electron chi connectivity index (χ2n) is 4.54. The number of nitrogens with two attached hydrogens (primary N) is 1. The van der Waals surface area contributed by atoms with Crippen molar-refractivity contribution in [3.05, 3.63) is 54.1 Å². The van der Waals surface area contributed by atoms with Crippen LogP contribution in [0.4, 0.5) is 17.1 Å². The van der Waals surface area contributed by atoms with Crippen molar-refractivity contribution in [2.75, 3.05) is 30.0 Å². The first-order valence-corrected chi connectivity index (χ1v) is 6.01. The first-order chi connectivity index (χ1) is 8.65. The molecule has 3 nitrogen and oxygen atoms in total. The Balaban J connectivity index is 1.95. The normalized spacial score (nSPS) is 10.1. The largest absolute Gasteiger partial charge is 0.399 e. The Hall–Kier alpha value is -2.16. The van der Waals surface area contributed by atoms with Gasteiger partial charge in [-0.05, 0) is 42.0 Å². The summed E-state index contributed by atoms with van der Waals surface area (Å²) in [6.45, 7) is 0.817. The van der Waals surface area contributed by atoms with E-state index >= 15 is 0 Å². The first kappa shape index (κ1) is 12.3. The van der Waals surface area contributed by atoms with Crippen LogP contribution in [0, 0.1) is 0 Å². The quantitative estimate of drug-likeness (QED) is 0.809. The number of nitrogens with one attached hydrogen (secondary N) is 1. The van der Waals surface area contributed by atoms with Crippen LogP contribution in [0.15, 0.2) is 48.5 Å². The van der Waals surface area contributed by atoms with Crippen LogP contribution in [0.2, 0.25) is 0 Å². The van der Waals surface area contributed by atoms with E-state index < -0.39 is 0 Å². The van der Waals surface area contributed by atoms with Crippen LogP contribution in [0.1, 0.15) is 5.56 Å². The van der Waals surface area contributed by atoms with Gasteiger partial charge in [0.05, 0.1) is 0 Å². The fourth-order valence-electron chi connectivity index (χ4n) is 1.72. The van der Waals surface area contributed by atoms with Crippen molar-refractivity contribution in [3.63, 3.8) is 0 Å². The van der Waals surface area contributed by atoms with Gasteiger partial charge in [-0.15, -0.1) is 0 Å². The van der Waals surface area contributed by atoms with Crippen molar-refractivity contribution < 1.29 is 0 Å². The summed E-state index contributed by atoms with van der Waals surface area (Å²) in [5.41, 5.74) is 9.99. The van der Waals surface area contributed by atoms with Gasteiger partial charge >= 0.3 is 0 Å². The molecule has 0 spiro atoms. The van der Waals surface area contributed by atoms with Crippen molar-refractivity contribution in [2.45, 2.75) is 6.54 Å². The molecule has 18 heavy (non-hydrogen) atoms. The van der Waals surface area contributed by atoms with E-state index in [4.69, 9.17) is 5.73 Å². The van der Waals surface area contributed by atoms with Gasteiger partial charge in [0.15, 0.2) is 0 Å². The van der Waals surface area contributed by atoms with Crippen molar-refractivity contribution in [2.24, 2.45) is 0 Å². The van der Waals surface area contributed by atoms with Crippen molar-refractivity contribution in [1.82, 2.24) is 0 Å². The number of anilines is 3. The molecule has 0 saturated carbocycles. The summed E-state index contributed by atoms with van der Waals surface area (Å²) in [5.74, 6) is 0. The molecule has 0 radical (unpaired) electrons. The lowest BCUT2D eigenvalue weighted by Crippen LogP contribution is -2.08. The van der Waals surface area contributed by atoms with E-state index in [0.717, 1.165) is 17.9 Å². The van der Waals surface area contributed by atoms with Gasteiger partial charge in [0.25, 0.3) is 0 Å². The van der Waals surface area contributed by atoms with Gasteiger partial charge in [-0.25, -0.2) is 0 Å². The van der Waals surface area contributed by atoms with Crippen LogP contribution in [-0.2, 0) is 6.54 Å². The summed E-state index contributed by atoms with van der Waals surface area (Å²) in [7, 11) is 4.09. The van der Waals surface area contributed by atoms with Gasteiger partial charge in [-0.3, -0.25) is 0 Å². The number of hydrogen-bond donors (Lipinski definition) is 2. The maximum Gasteiger partial charge on any atom is 0.0400 e. The summed E-state index contributed by atoms with van der Waals surface area (Å²) in [6, 6.07) is 16.3. The third kappa shape index (κ3) is 3.17. The Morgan fingerprint density at radius 2 is 1.56 bits per heavy atom. The van der Waals surface area contributed by atoms with Crippen LogP contribution < -0.4 is 16.0 Å². The molecule has 0 aromatic heterocycles. The van der Waals surface area contributed by atoms with Crippen molar-refractivity contribution in [3.8, 4) is 0 Å².